The first-order valence-electron chi connectivity index (χ1n) is 5.11. The average molecular weight is 236 g/mol. The molecule has 84 valence electrons. The summed E-state index contributed by atoms with van der Waals surface area (Å²) in [6.45, 7) is 2.45. The number of hydrogen-bond donors (Lipinski definition) is 1. The second-order valence-electron chi connectivity index (χ2n) is 3.80. The van der Waals surface area contributed by atoms with E-state index in [0.29, 0.717) is 11.7 Å². The van der Waals surface area contributed by atoms with Crippen LogP contribution in [0.4, 0.5) is 0 Å². The summed E-state index contributed by atoms with van der Waals surface area (Å²) in [5.41, 5.74) is 8.76. The van der Waals surface area contributed by atoms with E-state index in [1.54, 1.807) is 0 Å². The molecule has 0 aliphatic rings. The quantitative estimate of drug-likeness (QED) is 0.869. The molecule has 1 aromatic heterocycles. The third-order valence-corrected chi connectivity index (χ3v) is 2.97. The van der Waals surface area contributed by atoms with Gasteiger partial charge >= 0.3 is 0 Å². The van der Waals surface area contributed by atoms with Crippen LogP contribution in [0, 0.1) is 6.92 Å². The summed E-state index contributed by atoms with van der Waals surface area (Å²) in [5.74, 6) is 0.852. The lowest BCUT2D eigenvalue weighted by Crippen LogP contribution is -2.04. The maximum absolute atomic E-state index is 6.02. The zero-order chi connectivity index (χ0) is 11.7. The van der Waals surface area contributed by atoms with Gasteiger partial charge in [0.1, 0.15) is 5.82 Å². The first-order chi connectivity index (χ1) is 7.63. The molecule has 16 heavy (non-hydrogen) atoms. The van der Waals surface area contributed by atoms with E-state index in [4.69, 9.17) is 17.3 Å². The normalized spacial score (nSPS) is 10.8. The third-order valence-electron chi connectivity index (χ3n) is 2.67. The van der Waals surface area contributed by atoms with Crippen LogP contribution in [-0.2, 0) is 13.6 Å². The molecule has 0 fully saturated rings. The van der Waals surface area contributed by atoms with Crippen molar-refractivity contribution in [3.8, 4) is 11.4 Å². The highest BCUT2D eigenvalue weighted by atomic mass is 35.5. The van der Waals surface area contributed by atoms with Gasteiger partial charge in [-0.1, -0.05) is 41.4 Å². The Morgan fingerprint density at radius 2 is 1.94 bits per heavy atom. The van der Waals surface area contributed by atoms with E-state index in [1.807, 2.05) is 23.7 Å². The number of aryl methyl sites for hydroxylation is 1. The van der Waals surface area contributed by atoms with Crippen molar-refractivity contribution >= 4 is 11.6 Å². The van der Waals surface area contributed by atoms with Crippen molar-refractivity contribution < 1.29 is 0 Å². The number of halogens is 1. The van der Waals surface area contributed by atoms with E-state index in [2.05, 4.69) is 24.0 Å². The Morgan fingerprint density at radius 3 is 2.44 bits per heavy atom. The minimum atomic E-state index is 0.397. The molecule has 0 aliphatic heterocycles. The first kappa shape index (κ1) is 11.2. The third kappa shape index (κ3) is 1.84. The molecule has 0 bridgehead atoms. The number of benzene rings is 1. The summed E-state index contributed by atoms with van der Waals surface area (Å²) < 4.78 is 1.94. The summed E-state index contributed by atoms with van der Waals surface area (Å²) in [4.78, 5) is 4.33. The highest BCUT2D eigenvalue weighted by Gasteiger charge is 2.12. The molecule has 0 spiro atoms. The van der Waals surface area contributed by atoms with Gasteiger partial charge in [0.25, 0.3) is 0 Å². The van der Waals surface area contributed by atoms with E-state index in [-0.39, 0.29) is 0 Å². The fourth-order valence-electron chi connectivity index (χ4n) is 1.68. The Hall–Kier alpha value is -1.32. The Kier molecular flexibility index (Phi) is 2.99. The molecule has 0 amide bonds. The van der Waals surface area contributed by atoms with Crippen LogP contribution in [0.3, 0.4) is 0 Å². The molecule has 3 nitrogen and oxygen atoms in total. The minimum Gasteiger partial charge on any atom is -0.329 e. The molecule has 0 atom stereocenters. The zero-order valence-corrected chi connectivity index (χ0v) is 10.1. The van der Waals surface area contributed by atoms with E-state index < -0.39 is 0 Å². The first-order valence-corrected chi connectivity index (χ1v) is 5.49. The van der Waals surface area contributed by atoms with Crippen molar-refractivity contribution in [2.24, 2.45) is 12.8 Å². The standard InChI is InChI=1S/C12H14ClN3/c1-8-3-5-9(6-4-8)12-15-11(13)10(7-14)16(12)2/h3-6H,7,14H2,1-2H3. The maximum atomic E-state index is 6.02. The van der Waals surface area contributed by atoms with Gasteiger partial charge in [0.2, 0.25) is 0 Å². The van der Waals surface area contributed by atoms with Gasteiger partial charge in [-0.15, -0.1) is 0 Å². The Bertz CT molecular complexity index is 500. The predicted molar refractivity (Wildman–Crippen MR) is 66.3 cm³/mol. The SMILES string of the molecule is Cc1ccc(-c2nc(Cl)c(CN)n2C)cc1. The molecule has 1 heterocycles. The molecule has 0 aliphatic carbocycles. The Balaban J connectivity index is 2.52. The van der Waals surface area contributed by atoms with Gasteiger partial charge < -0.3 is 10.3 Å². The number of rotatable bonds is 2. The van der Waals surface area contributed by atoms with E-state index in [0.717, 1.165) is 17.1 Å². The average Bonchev–Trinajstić information content (AvgIpc) is 2.55. The van der Waals surface area contributed by atoms with Gasteiger partial charge in [-0.25, -0.2) is 4.98 Å². The van der Waals surface area contributed by atoms with Crippen LogP contribution in [0.15, 0.2) is 24.3 Å². The predicted octanol–water partition coefficient (Wildman–Crippen LogP) is 2.51. The molecule has 2 rings (SSSR count). The van der Waals surface area contributed by atoms with Gasteiger partial charge in [0, 0.05) is 19.2 Å². The molecule has 0 saturated heterocycles. The van der Waals surface area contributed by atoms with E-state index in [9.17, 15) is 0 Å². The summed E-state index contributed by atoms with van der Waals surface area (Å²) in [7, 11) is 1.93. The highest BCUT2D eigenvalue weighted by molar-refractivity contribution is 6.30. The van der Waals surface area contributed by atoms with Crippen molar-refractivity contribution in [2.75, 3.05) is 0 Å². The molecule has 0 saturated carbocycles. The fourth-order valence-corrected chi connectivity index (χ4v) is 1.96. The summed E-state index contributed by atoms with van der Waals surface area (Å²) in [6, 6.07) is 8.18. The van der Waals surface area contributed by atoms with Crippen molar-refractivity contribution in [3.63, 3.8) is 0 Å². The van der Waals surface area contributed by atoms with Crippen LogP contribution in [0.1, 0.15) is 11.3 Å². The number of nitrogens with two attached hydrogens (primary N) is 1. The summed E-state index contributed by atoms with van der Waals surface area (Å²) >= 11 is 6.02. The summed E-state index contributed by atoms with van der Waals surface area (Å²) in [5, 5.41) is 0.487. The number of aromatic nitrogens is 2. The van der Waals surface area contributed by atoms with Crippen molar-refractivity contribution in [1.82, 2.24) is 9.55 Å². The van der Waals surface area contributed by atoms with Crippen LogP contribution in [0.5, 0.6) is 0 Å². The lowest BCUT2D eigenvalue weighted by Gasteiger charge is -2.04. The monoisotopic (exact) mass is 235 g/mol. The molecular weight excluding hydrogens is 222 g/mol. The largest absolute Gasteiger partial charge is 0.329 e. The Labute approximate surface area is 99.9 Å². The van der Waals surface area contributed by atoms with Gasteiger partial charge in [0.15, 0.2) is 5.15 Å². The van der Waals surface area contributed by atoms with Crippen molar-refractivity contribution in [1.29, 1.82) is 0 Å². The smallest absolute Gasteiger partial charge is 0.152 e. The summed E-state index contributed by atoms with van der Waals surface area (Å²) in [6.07, 6.45) is 0. The van der Waals surface area contributed by atoms with Gasteiger partial charge in [-0.3, -0.25) is 0 Å². The Morgan fingerprint density at radius 1 is 1.31 bits per heavy atom. The van der Waals surface area contributed by atoms with Crippen LogP contribution in [0.25, 0.3) is 11.4 Å². The van der Waals surface area contributed by atoms with Crippen LogP contribution in [0.2, 0.25) is 5.15 Å². The molecule has 2 N–H and O–H groups in total. The number of imidazole rings is 1. The van der Waals surface area contributed by atoms with Gasteiger partial charge in [-0.2, -0.15) is 0 Å². The number of hydrogen-bond acceptors (Lipinski definition) is 2. The molecule has 0 radical (unpaired) electrons. The molecular formula is C12H14ClN3. The van der Waals surface area contributed by atoms with Gasteiger partial charge in [0.05, 0.1) is 5.69 Å². The topological polar surface area (TPSA) is 43.8 Å². The van der Waals surface area contributed by atoms with E-state index >= 15 is 0 Å². The van der Waals surface area contributed by atoms with Crippen molar-refractivity contribution in [3.05, 3.63) is 40.7 Å². The molecule has 2 aromatic rings. The number of nitrogens with zero attached hydrogens (tertiary/aromatic N) is 2. The maximum Gasteiger partial charge on any atom is 0.152 e. The lowest BCUT2D eigenvalue weighted by molar-refractivity contribution is 0.828. The van der Waals surface area contributed by atoms with Crippen LogP contribution >= 0.6 is 11.6 Å². The minimum absolute atomic E-state index is 0.397. The molecule has 4 heteroatoms. The molecule has 1 aromatic carbocycles. The van der Waals surface area contributed by atoms with Crippen LogP contribution in [-0.4, -0.2) is 9.55 Å². The van der Waals surface area contributed by atoms with Gasteiger partial charge in [-0.05, 0) is 6.92 Å². The van der Waals surface area contributed by atoms with E-state index in [1.165, 1.54) is 5.56 Å². The second kappa shape index (κ2) is 4.28. The second-order valence-corrected chi connectivity index (χ2v) is 4.16. The fraction of sp³-hybridized carbons (Fsp3) is 0.250. The highest BCUT2D eigenvalue weighted by Crippen LogP contribution is 2.24. The zero-order valence-electron chi connectivity index (χ0n) is 9.37. The molecule has 0 unspecified atom stereocenters. The van der Waals surface area contributed by atoms with Crippen LogP contribution < -0.4 is 5.73 Å². The lowest BCUT2D eigenvalue weighted by atomic mass is 10.1. The van der Waals surface area contributed by atoms with Crippen molar-refractivity contribution in [2.45, 2.75) is 13.5 Å².